The molecule has 0 spiro atoms. The van der Waals surface area contributed by atoms with E-state index in [0.717, 1.165) is 32.5 Å². The van der Waals surface area contributed by atoms with Gasteiger partial charge in [-0.25, -0.2) is 0 Å². The number of aromatic nitrogens is 1. The van der Waals surface area contributed by atoms with Crippen molar-refractivity contribution in [2.24, 2.45) is 0 Å². The molecule has 0 saturated heterocycles. The molecule has 5 aromatic rings. The Morgan fingerprint density at radius 2 is 1.63 bits per heavy atom. The largest absolute Gasteiger partial charge is 0.508 e. The van der Waals surface area contributed by atoms with Gasteiger partial charge in [0.15, 0.2) is 0 Å². The molecule has 2 aromatic heterocycles. The van der Waals surface area contributed by atoms with Crippen LogP contribution in [0.1, 0.15) is 15.2 Å². The molecule has 146 valence electrons. The van der Waals surface area contributed by atoms with Gasteiger partial charge in [0.2, 0.25) is 5.78 Å². The van der Waals surface area contributed by atoms with E-state index >= 15 is 0 Å². The Balaban J connectivity index is 1.66. The molecule has 0 bridgehead atoms. The molecule has 4 nitrogen and oxygen atoms in total. The Morgan fingerprint density at radius 1 is 0.900 bits per heavy atom. The molecule has 3 aromatic carbocycles. The number of nitrogen functional groups attached to an aromatic ring is 1. The number of H-pyrrole nitrogens is 1. The van der Waals surface area contributed by atoms with E-state index in [2.05, 4.69) is 4.98 Å². The Hall–Kier alpha value is -3.83. The monoisotopic (exact) mass is 410 g/mol. The third-order valence-corrected chi connectivity index (χ3v) is 6.26. The van der Waals surface area contributed by atoms with Crippen LogP contribution in [0.5, 0.6) is 5.75 Å². The van der Waals surface area contributed by atoms with Crippen LogP contribution in [0.25, 0.3) is 32.5 Å². The molecule has 0 unspecified atom stereocenters. The first kappa shape index (κ1) is 18.2. The number of thiophene rings is 1. The highest BCUT2D eigenvalue weighted by Gasteiger charge is 2.21. The zero-order valence-corrected chi connectivity index (χ0v) is 16.7. The van der Waals surface area contributed by atoms with Gasteiger partial charge in [-0.1, -0.05) is 54.6 Å². The van der Waals surface area contributed by atoms with E-state index in [4.69, 9.17) is 5.73 Å². The van der Waals surface area contributed by atoms with E-state index in [1.807, 2.05) is 66.7 Å². The molecule has 0 saturated carbocycles. The molecule has 0 aliphatic rings. The molecule has 5 heteroatoms. The number of aromatic hydroxyl groups is 1. The lowest BCUT2D eigenvalue weighted by Crippen LogP contribution is -2.00. The molecule has 0 atom stereocenters. The summed E-state index contributed by atoms with van der Waals surface area (Å²) in [6.45, 7) is 0. The van der Waals surface area contributed by atoms with Crippen LogP contribution in [-0.2, 0) is 0 Å². The number of nitrogens with two attached hydrogens (primary N) is 1. The van der Waals surface area contributed by atoms with Gasteiger partial charge in [0.1, 0.15) is 5.75 Å². The maximum atomic E-state index is 13.3. The van der Waals surface area contributed by atoms with Gasteiger partial charge >= 0.3 is 0 Å². The van der Waals surface area contributed by atoms with E-state index < -0.39 is 0 Å². The highest BCUT2D eigenvalue weighted by molar-refractivity contribution is 7.21. The summed E-state index contributed by atoms with van der Waals surface area (Å²) in [5.41, 5.74) is 11.0. The van der Waals surface area contributed by atoms with E-state index in [0.29, 0.717) is 16.1 Å². The summed E-state index contributed by atoms with van der Waals surface area (Å²) in [6, 6.07) is 24.5. The standard InChI is InChI=1S/C25H18N2O2S/c26-18-12-21(27-14-18)15-6-8-16(9-7-15)23-20-11-10-19(28)13-22(20)30-25(23)24(29)17-4-2-1-3-5-17/h1-14,27-28H,26H2. The highest BCUT2D eigenvalue weighted by Crippen LogP contribution is 2.41. The lowest BCUT2D eigenvalue weighted by atomic mass is 9.97. The number of fused-ring (bicyclic) bond motifs is 1. The maximum absolute atomic E-state index is 13.3. The van der Waals surface area contributed by atoms with Crippen LogP contribution in [0.2, 0.25) is 0 Å². The van der Waals surface area contributed by atoms with E-state index in [-0.39, 0.29) is 11.5 Å². The predicted octanol–water partition coefficient (Wildman–Crippen LogP) is 6.08. The van der Waals surface area contributed by atoms with Crippen LogP contribution in [-0.4, -0.2) is 15.9 Å². The SMILES string of the molecule is Nc1c[nH]c(-c2ccc(-c3c(C(=O)c4ccccc4)sc4cc(O)ccc34)cc2)c1. The van der Waals surface area contributed by atoms with Gasteiger partial charge < -0.3 is 15.8 Å². The number of benzene rings is 3. The third kappa shape index (κ3) is 3.15. The zero-order chi connectivity index (χ0) is 20.7. The number of phenols is 1. The lowest BCUT2D eigenvalue weighted by Gasteiger charge is -2.07. The van der Waals surface area contributed by atoms with Crippen molar-refractivity contribution in [2.45, 2.75) is 0 Å². The van der Waals surface area contributed by atoms with E-state index in [1.54, 1.807) is 18.3 Å². The summed E-state index contributed by atoms with van der Waals surface area (Å²) in [4.78, 5) is 17.1. The van der Waals surface area contributed by atoms with Gasteiger partial charge in [0.25, 0.3) is 0 Å². The molecule has 0 radical (unpaired) electrons. The minimum atomic E-state index is -0.0208. The van der Waals surface area contributed by atoms with Crippen molar-refractivity contribution in [2.75, 3.05) is 5.73 Å². The van der Waals surface area contributed by atoms with Crippen molar-refractivity contribution in [3.8, 4) is 28.1 Å². The van der Waals surface area contributed by atoms with Crippen LogP contribution < -0.4 is 5.73 Å². The smallest absolute Gasteiger partial charge is 0.203 e. The van der Waals surface area contributed by atoms with Crippen molar-refractivity contribution >= 4 is 32.9 Å². The van der Waals surface area contributed by atoms with Crippen molar-refractivity contribution in [1.29, 1.82) is 0 Å². The van der Waals surface area contributed by atoms with Crippen molar-refractivity contribution in [3.63, 3.8) is 0 Å². The van der Waals surface area contributed by atoms with Crippen molar-refractivity contribution < 1.29 is 9.90 Å². The Labute approximate surface area is 177 Å². The van der Waals surface area contributed by atoms with Crippen LogP contribution >= 0.6 is 11.3 Å². The maximum Gasteiger partial charge on any atom is 0.203 e. The second-order valence-corrected chi connectivity index (χ2v) is 8.16. The molecule has 2 heterocycles. The molecule has 5 rings (SSSR count). The number of hydrogen-bond acceptors (Lipinski definition) is 4. The van der Waals surface area contributed by atoms with Crippen LogP contribution in [0.3, 0.4) is 0 Å². The number of carbonyl (C=O) groups excluding carboxylic acids is 1. The first-order valence-corrected chi connectivity index (χ1v) is 10.3. The molecule has 0 amide bonds. The lowest BCUT2D eigenvalue weighted by molar-refractivity contribution is 0.104. The van der Waals surface area contributed by atoms with Gasteiger partial charge in [-0.05, 0) is 35.4 Å². The quantitative estimate of drug-likeness (QED) is 0.314. The van der Waals surface area contributed by atoms with Crippen LogP contribution in [0.15, 0.2) is 85.1 Å². The number of ketones is 1. The van der Waals surface area contributed by atoms with Gasteiger partial charge in [-0.15, -0.1) is 11.3 Å². The molecule has 0 aliphatic carbocycles. The van der Waals surface area contributed by atoms with Gasteiger partial charge in [-0.2, -0.15) is 0 Å². The summed E-state index contributed by atoms with van der Waals surface area (Å²) >= 11 is 1.41. The summed E-state index contributed by atoms with van der Waals surface area (Å²) in [5.74, 6) is 0.168. The average molecular weight is 410 g/mol. The summed E-state index contributed by atoms with van der Waals surface area (Å²) in [7, 11) is 0. The summed E-state index contributed by atoms with van der Waals surface area (Å²) in [5, 5.41) is 10.9. The third-order valence-electron chi connectivity index (χ3n) is 5.11. The number of phenolic OH excluding ortho intramolecular Hbond substituents is 1. The number of aromatic amines is 1. The van der Waals surface area contributed by atoms with E-state index in [9.17, 15) is 9.90 Å². The Kier molecular flexibility index (Phi) is 4.38. The average Bonchev–Trinajstić information content (AvgIpc) is 3.37. The fourth-order valence-electron chi connectivity index (χ4n) is 3.65. The first-order chi connectivity index (χ1) is 14.6. The van der Waals surface area contributed by atoms with Crippen LogP contribution in [0, 0.1) is 0 Å². The number of hydrogen-bond donors (Lipinski definition) is 3. The topological polar surface area (TPSA) is 79.1 Å². The molecular weight excluding hydrogens is 392 g/mol. The summed E-state index contributed by atoms with van der Waals surface area (Å²) in [6.07, 6.45) is 1.76. The molecule has 0 fully saturated rings. The van der Waals surface area contributed by atoms with Crippen molar-refractivity contribution in [3.05, 3.63) is 95.5 Å². The van der Waals surface area contributed by atoms with Gasteiger partial charge in [0.05, 0.1) is 4.88 Å². The summed E-state index contributed by atoms with van der Waals surface area (Å²) < 4.78 is 0.880. The Morgan fingerprint density at radius 3 is 2.33 bits per heavy atom. The van der Waals surface area contributed by atoms with Gasteiger partial charge in [0, 0.05) is 38.8 Å². The Bertz CT molecular complexity index is 1370. The number of nitrogens with one attached hydrogen (secondary N) is 1. The van der Waals surface area contributed by atoms with Gasteiger partial charge in [-0.3, -0.25) is 4.79 Å². The fraction of sp³-hybridized carbons (Fsp3) is 0. The molecule has 30 heavy (non-hydrogen) atoms. The molecule has 4 N–H and O–H groups in total. The molecule has 0 aliphatic heterocycles. The fourth-order valence-corrected chi connectivity index (χ4v) is 4.87. The second-order valence-electron chi connectivity index (χ2n) is 7.11. The minimum Gasteiger partial charge on any atom is -0.508 e. The number of anilines is 1. The minimum absolute atomic E-state index is 0.0208. The van der Waals surface area contributed by atoms with E-state index in [1.165, 1.54) is 11.3 Å². The number of carbonyl (C=O) groups is 1. The van der Waals surface area contributed by atoms with Crippen LogP contribution in [0.4, 0.5) is 5.69 Å². The normalized spacial score (nSPS) is 11.1. The number of rotatable bonds is 4. The molecular formula is C25H18N2O2S. The predicted molar refractivity (Wildman–Crippen MR) is 123 cm³/mol. The second kappa shape index (κ2) is 7.21. The zero-order valence-electron chi connectivity index (χ0n) is 15.9. The highest BCUT2D eigenvalue weighted by atomic mass is 32.1. The van der Waals surface area contributed by atoms with Crippen molar-refractivity contribution in [1.82, 2.24) is 4.98 Å². The first-order valence-electron chi connectivity index (χ1n) is 9.50.